The molecule has 0 unspecified atom stereocenters. The Morgan fingerprint density at radius 1 is 1.00 bits per heavy atom. The first-order valence-corrected chi connectivity index (χ1v) is 7.34. The molecule has 2 aromatic carbocycles. The van der Waals surface area contributed by atoms with Gasteiger partial charge in [0.2, 0.25) is 11.7 Å². The Kier molecular flexibility index (Phi) is 6.19. The number of rotatable bonds is 7. The standard InChI is InChI=1S/C18H20N2O4/c1-22-15-10-9-14(17(23-2)18(15)24-3)12-19-20-16(21)11-13-7-5-4-6-8-13/h4-10,12H,11H2,1-3H3,(H,20,21)/b19-12+. The van der Waals surface area contributed by atoms with E-state index in [2.05, 4.69) is 10.5 Å². The molecule has 0 aliphatic rings. The number of hydrogen-bond acceptors (Lipinski definition) is 5. The first-order valence-electron chi connectivity index (χ1n) is 7.34. The minimum atomic E-state index is -0.197. The molecule has 0 spiro atoms. The number of benzene rings is 2. The number of carbonyl (C=O) groups is 1. The molecule has 0 saturated heterocycles. The molecule has 0 heterocycles. The molecular formula is C18H20N2O4. The summed E-state index contributed by atoms with van der Waals surface area (Å²) in [5.41, 5.74) is 4.09. The molecule has 0 aliphatic heterocycles. The molecule has 2 rings (SSSR count). The summed E-state index contributed by atoms with van der Waals surface area (Å²) in [4.78, 5) is 11.9. The Labute approximate surface area is 141 Å². The Bertz CT molecular complexity index is 714. The lowest BCUT2D eigenvalue weighted by atomic mass is 10.1. The highest BCUT2D eigenvalue weighted by atomic mass is 16.5. The molecule has 0 aliphatic carbocycles. The maximum Gasteiger partial charge on any atom is 0.244 e. The minimum absolute atomic E-state index is 0.197. The van der Waals surface area contributed by atoms with Crippen molar-refractivity contribution in [2.75, 3.05) is 21.3 Å². The molecule has 24 heavy (non-hydrogen) atoms. The van der Waals surface area contributed by atoms with E-state index in [9.17, 15) is 4.79 Å². The van der Waals surface area contributed by atoms with Gasteiger partial charge >= 0.3 is 0 Å². The molecule has 0 fully saturated rings. The maximum atomic E-state index is 11.9. The number of methoxy groups -OCH3 is 3. The van der Waals surface area contributed by atoms with Crippen LogP contribution in [0.1, 0.15) is 11.1 Å². The molecule has 1 N–H and O–H groups in total. The van der Waals surface area contributed by atoms with E-state index in [1.807, 2.05) is 30.3 Å². The highest BCUT2D eigenvalue weighted by molar-refractivity contribution is 5.87. The molecular weight excluding hydrogens is 308 g/mol. The second-order valence-electron chi connectivity index (χ2n) is 4.88. The summed E-state index contributed by atoms with van der Waals surface area (Å²) in [5, 5.41) is 3.98. The number of hydrazone groups is 1. The fourth-order valence-electron chi connectivity index (χ4n) is 2.22. The van der Waals surface area contributed by atoms with Crippen LogP contribution in [0, 0.1) is 0 Å². The maximum absolute atomic E-state index is 11.9. The Hall–Kier alpha value is -3.02. The van der Waals surface area contributed by atoms with Crippen molar-refractivity contribution in [3.63, 3.8) is 0 Å². The van der Waals surface area contributed by atoms with Crippen LogP contribution in [0.4, 0.5) is 0 Å². The largest absolute Gasteiger partial charge is 0.493 e. The van der Waals surface area contributed by atoms with Gasteiger partial charge in [-0.3, -0.25) is 4.79 Å². The lowest BCUT2D eigenvalue weighted by Gasteiger charge is -2.13. The summed E-state index contributed by atoms with van der Waals surface area (Å²) in [6.45, 7) is 0. The fourth-order valence-corrected chi connectivity index (χ4v) is 2.22. The van der Waals surface area contributed by atoms with Gasteiger partial charge < -0.3 is 14.2 Å². The second-order valence-corrected chi connectivity index (χ2v) is 4.88. The Balaban J connectivity index is 2.07. The van der Waals surface area contributed by atoms with Gasteiger partial charge in [0.1, 0.15) is 0 Å². The van der Waals surface area contributed by atoms with Crippen LogP contribution in [0.3, 0.4) is 0 Å². The van der Waals surface area contributed by atoms with E-state index >= 15 is 0 Å². The van der Waals surface area contributed by atoms with Crippen LogP contribution in [0.15, 0.2) is 47.6 Å². The third-order valence-electron chi connectivity index (χ3n) is 3.34. The molecule has 0 bridgehead atoms. The number of nitrogens with one attached hydrogen (secondary N) is 1. The average molecular weight is 328 g/mol. The van der Waals surface area contributed by atoms with Crippen LogP contribution < -0.4 is 19.6 Å². The molecule has 2 aromatic rings. The van der Waals surface area contributed by atoms with E-state index in [0.717, 1.165) is 5.56 Å². The van der Waals surface area contributed by atoms with Gasteiger partial charge in [0.05, 0.1) is 34.0 Å². The van der Waals surface area contributed by atoms with Gasteiger partial charge in [0.25, 0.3) is 0 Å². The SMILES string of the molecule is COc1ccc(/C=N/NC(=O)Cc2ccccc2)c(OC)c1OC. The quantitative estimate of drug-likeness (QED) is 0.626. The van der Waals surface area contributed by atoms with Crippen LogP contribution in [0.5, 0.6) is 17.2 Å². The van der Waals surface area contributed by atoms with Crippen molar-refractivity contribution in [3.05, 3.63) is 53.6 Å². The van der Waals surface area contributed by atoms with Crippen LogP contribution in [-0.4, -0.2) is 33.5 Å². The second kappa shape index (κ2) is 8.57. The van der Waals surface area contributed by atoms with Crippen molar-refractivity contribution < 1.29 is 19.0 Å². The predicted octanol–water partition coefficient (Wildman–Crippen LogP) is 2.41. The molecule has 0 radical (unpaired) electrons. The zero-order chi connectivity index (χ0) is 17.4. The summed E-state index contributed by atoms with van der Waals surface area (Å²) in [6.07, 6.45) is 1.77. The summed E-state index contributed by atoms with van der Waals surface area (Å²) in [5.74, 6) is 1.31. The fraction of sp³-hybridized carbons (Fsp3) is 0.222. The third kappa shape index (κ3) is 4.25. The van der Waals surface area contributed by atoms with E-state index in [1.165, 1.54) is 20.4 Å². The molecule has 6 heteroatoms. The lowest BCUT2D eigenvalue weighted by Crippen LogP contribution is -2.19. The van der Waals surface area contributed by atoms with Crippen LogP contribution in [0.2, 0.25) is 0 Å². The summed E-state index contributed by atoms with van der Waals surface area (Å²) in [7, 11) is 4.61. The summed E-state index contributed by atoms with van der Waals surface area (Å²) >= 11 is 0. The van der Waals surface area contributed by atoms with Gasteiger partial charge in [-0.25, -0.2) is 5.43 Å². The van der Waals surface area contributed by atoms with Crippen molar-refractivity contribution in [3.8, 4) is 17.2 Å². The molecule has 126 valence electrons. The van der Waals surface area contributed by atoms with Crippen molar-refractivity contribution in [1.82, 2.24) is 5.43 Å². The van der Waals surface area contributed by atoms with Gasteiger partial charge in [-0.2, -0.15) is 5.10 Å². The van der Waals surface area contributed by atoms with Crippen LogP contribution in [0.25, 0.3) is 0 Å². The van der Waals surface area contributed by atoms with Crippen molar-refractivity contribution in [1.29, 1.82) is 0 Å². The van der Waals surface area contributed by atoms with Crippen LogP contribution >= 0.6 is 0 Å². The van der Waals surface area contributed by atoms with Crippen LogP contribution in [-0.2, 0) is 11.2 Å². The summed E-state index contributed by atoms with van der Waals surface area (Å²) in [6, 6.07) is 13.0. The average Bonchev–Trinajstić information content (AvgIpc) is 2.61. The molecule has 0 saturated carbocycles. The smallest absolute Gasteiger partial charge is 0.244 e. The monoisotopic (exact) mass is 328 g/mol. The van der Waals surface area contributed by atoms with Crippen molar-refractivity contribution >= 4 is 12.1 Å². The molecule has 6 nitrogen and oxygen atoms in total. The summed E-state index contributed by atoms with van der Waals surface area (Å²) < 4.78 is 15.9. The first kappa shape index (κ1) is 17.3. The Morgan fingerprint density at radius 2 is 1.71 bits per heavy atom. The zero-order valence-electron chi connectivity index (χ0n) is 13.9. The van der Waals surface area contributed by atoms with E-state index in [-0.39, 0.29) is 12.3 Å². The topological polar surface area (TPSA) is 69.2 Å². The first-order chi connectivity index (χ1) is 11.7. The third-order valence-corrected chi connectivity index (χ3v) is 3.34. The number of carbonyl (C=O) groups excluding carboxylic acids is 1. The normalized spacial score (nSPS) is 10.5. The van der Waals surface area contributed by atoms with Gasteiger partial charge in [-0.1, -0.05) is 30.3 Å². The van der Waals surface area contributed by atoms with E-state index < -0.39 is 0 Å². The number of nitrogens with zero attached hydrogens (tertiary/aromatic N) is 1. The van der Waals surface area contributed by atoms with Gasteiger partial charge in [0.15, 0.2) is 11.5 Å². The predicted molar refractivity (Wildman–Crippen MR) is 92.0 cm³/mol. The number of ether oxygens (including phenoxy) is 3. The molecule has 1 amide bonds. The number of amides is 1. The van der Waals surface area contributed by atoms with E-state index in [4.69, 9.17) is 14.2 Å². The highest BCUT2D eigenvalue weighted by Crippen LogP contribution is 2.38. The van der Waals surface area contributed by atoms with E-state index in [0.29, 0.717) is 22.8 Å². The Morgan fingerprint density at radius 3 is 2.33 bits per heavy atom. The van der Waals surface area contributed by atoms with Crippen molar-refractivity contribution in [2.45, 2.75) is 6.42 Å². The van der Waals surface area contributed by atoms with E-state index in [1.54, 1.807) is 19.2 Å². The highest BCUT2D eigenvalue weighted by Gasteiger charge is 2.14. The minimum Gasteiger partial charge on any atom is -0.493 e. The molecule has 0 atom stereocenters. The lowest BCUT2D eigenvalue weighted by molar-refractivity contribution is -0.120. The number of hydrogen-bond donors (Lipinski definition) is 1. The van der Waals surface area contributed by atoms with Gasteiger partial charge in [-0.05, 0) is 17.7 Å². The van der Waals surface area contributed by atoms with Gasteiger partial charge in [0, 0.05) is 5.56 Å². The zero-order valence-corrected chi connectivity index (χ0v) is 13.9. The van der Waals surface area contributed by atoms with Gasteiger partial charge in [-0.15, -0.1) is 0 Å². The molecule has 0 aromatic heterocycles. The van der Waals surface area contributed by atoms with Crippen molar-refractivity contribution in [2.24, 2.45) is 5.10 Å².